The molecule has 2 heterocycles. The fraction of sp³-hybridized carbons (Fsp3) is 0.286. The van der Waals surface area contributed by atoms with Gasteiger partial charge in [0.2, 0.25) is 10.0 Å². The van der Waals surface area contributed by atoms with Crippen LogP contribution in [0.5, 0.6) is 0 Å². The lowest BCUT2D eigenvalue weighted by molar-refractivity contribution is 0.102. The van der Waals surface area contributed by atoms with Crippen molar-refractivity contribution in [3.63, 3.8) is 0 Å². The first-order valence-corrected chi connectivity index (χ1v) is 11.6. The van der Waals surface area contributed by atoms with E-state index < -0.39 is 15.9 Å². The Bertz CT molecular complexity index is 1200. The Balaban J connectivity index is 1.84. The molecule has 0 aliphatic heterocycles. The van der Waals surface area contributed by atoms with Gasteiger partial charge in [0.1, 0.15) is 0 Å². The lowest BCUT2D eigenvalue weighted by Crippen LogP contribution is -2.30. The van der Waals surface area contributed by atoms with E-state index in [4.69, 9.17) is 11.6 Å². The summed E-state index contributed by atoms with van der Waals surface area (Å²) in [4.78, 5) is 17.1. The van der Waals surface area contributed by atoms with Crippen molar-refractivity contribution in [1.82, 2.24) is 19.1 Å². The van der Waals surface area contributed by atoms with Gasteiger partial charge in [-0.3, -0.25) is 4.79 Å². The van der Waals surface area contributed by atoms with Crippen molar-refractivity contribution >= 4 is 33.2 Å². The van der Waals surface area contributed by atoms with Gasteiger partial charge >= 0.3 is 0 Å². The summed E-state index contributed by atoms with van der Waals surface area (Å²) in [5.41, 5.74) is 2.34. The van der Waals surface area contributed by atoms with Crippen LogP contribution in [0.25, 0.3) is 5.82 Å². The van der Waals surface area contributed by atoms with Crippen LogP contribution in [0.15, 0.2) is 47.5 Å². The third kappa shape index (κ3) is 4.79. The first-order valence-electron chi connectivity index (χ1n) is 9.78. The smallest absolute Gasteiger partial charge is 0.257 e. The molecule has 0 spiro atoms. The summed E-state index contributed by atoms with van der Waals surface area (Å²) >= 11 is 6.18. The highest BCUT2D eigenvalue weighted by atomic mass is 35.5. The number of hydrogen-bond acceptors (Lipinski definition) is 5. The number of aryl methyl sites for hydroxylation is 2. The topological polar surface area (TPSA) is 97.2 Å². The van der Waals surface area contributed by atoms with Crippen LogP contribution >= 0.6 is 11.6 Å². The molecule has 164 valence electrons. The molecule has 3 rings (SSSR count). The van der Waals surface area contributed by atoms with E-state index in [-0.39, 0.29) is 15.5 Å². The summed E-state index contributed by atoms with van der Waals surface area (Å²) in [7, 11) is -3.71. The third-order valence-electron chi connectivity index (χ3n) is 4.76. The Morgan fingerprint density at radius 2 is 1.84 bits per heavy atom. The number of sulfonamides is 1. The van der Waals surface area contributed by atoms with Crippen molar-refractivity contribution in [2.45, 2.75) is 32.6 Å². The minimum absolute atomic E-state index is 0.0174. The van der Waals surface area contributed by atoms with Crippen molar-refractivity contribution in [3.8, 4) is 5.82 Å². The van der Waals surface area contributed by atoms with Crippen LogP contribution in [0, 0.1) is 13.8 Å². The van der Waals surface area contributed by atoms with Gasteiger partial charge in [0.05, 0.1) is 33.1 Å². The van der Waals surface area contributed by atoms with E-state index in [1.54, 1.807) is 30.7 Å². The summed E-state index contributed by atoms with van der Waals surface area (Å²) in [5, 5.41) is 7.24. The molecule has 0 saturated carbocycles. The highest BCUT2D eigenvalue weighted by molar-refractivity contribution is 7.89. The second kappa shape index (κ2) is 9.17. The van der Waals surface area contributed by atoms with Crippen molar-refractivity contribution in [1.29, 1.82) is 0 Å². The molecule has 0 unspecified atom stereocenters. The maximum absolute atomic E-state index is 12.8. The number of nitrogens with zero attached hydrogens (tertiary/aromatic N) is 4. The molecule has 0 aliphatic rings. The summed E-state index contributed by atoms with van der Waals surface area (Å²) in [6.45, 7) is 8.00. The molecule has 1 aromatic carbocycles. The van der Waals surface area contributed by atoms with Crippen LogP contribution in [0.3, 0.4) is 0 Å². The molecule has 0 aliphatic carbocycles. The molecule has 8 nitrogen and oxygen atoms in total. The standard InChI is InChI=1S/C21H24ClN5O3S/c1-5-26(6-2)31(29,30)17-8-9-19(22)18(12-17)21(28)24-16-7-10-20(23-13-16)27-15(4)11-14(3)25-27/h7-13H,5-6H2,1-4H3,(H,24,28). The van der Waals surface area contributed by atoms with Crippen LogP contribution in [0.1, 0.15) is 35.6 Å². The second-order valence-corrected chi connectivity index (χ2v) is 9.27. The number of anilines is 1. The van der Waals surface area contributed by atoms with Gasteiger partial charge in [-0.25, -0.2) is 18.1 Å². The highest BCUT2D eigenvalue weighted by Gasteiger charge is 2.24. The third-order valence-corrected chi connectivity index (χ3v) is 7.13. The fourth-order valence-electron chi connectivity index (χ4n) is 3.20. The van der Waals surface area contributed by atoms with Gasteiger partial charge in [-0.2, -0.15) is 9.40 Å². The van der Waals surface area contributed by atoms with Crippen LogP contribution in [0.2, 0.25) is 5.02 Å². The Labute approximate surface area is 186 Å². The van der Waals surface area contributed by atoms with Gasteiger partial charge in [0.25, 0.3) is 5.91 Å². The molecule has 31 heavy (non-hydrogen) atoms. The van der Waals surface area contributed by atoms with E-state index in [2.05, 4.69) is 15.4 Å². The largest absolute Gasteiger partial charge is 0.321 e. The summed E-state index contributed by atoms with van der Waals surface area (Å²) in [5.74, 6) is 0.0937. The Morgan fingerprint density at radius 3 is 2.39 bits per heavy atom. The average molecular weight is 462 g/mol. The van der Waals surface area contributed by atoms with Crippen molar-refractivity contribution in [2.24, 2.45) is 0 Å². The van der Waals surface area contributed by atoms with Crippen molar-refractivity contribution < 1.29 is 13.2 Å². The maximum atomic E-state index is 12.8. The molecule has 10 heteroatoms. The van der Waals surface area contributed by atoms with Crippen LogP contribution in [-0.2, 0) is 10.0 Å². The zero-order valence-electron chi connectivity index (χ0n) is 17.8. The molecular weight excluding hydrogens is 438 g/mol. The molecule has 0 radical (unpaired) electrons. The first-order chi connectivity index (χ1) is 14.7. The lowest BCUT2D eigenvalue weighted by atomic mass is 10.2. The maximum Gasteiger partial charge on any atom is 0.257 e. The minimum atomic E-state index is -3.71. The van der Waals surface area contributed by atoms with Crippen LogP contribution < -0.4 is 5.32 Å². The number of aromatic nitrogens is 3. The molecule has 0 saturated heterocycles. The molecule has 0 fully saturated rings. The molecule has 3 aromatic rings. The van der Waals surface area contributed by atoms with E-state index in [0.29, 0.717) is 24.6 Å². The number of carbonyl (C=O) groups excluding carboxylic acids is 1. The van der Waals surface area contributed by atoms with E-state index in [9.17, 15) is 13.2 Å². The predicted molar refractivity (Wildman–Crippen MR) is 120 cm³/mol. The van der Waals surface area contributed by atoms with E-state index in [0.717, 1.165) is 11.4 Å². The number of amides is 1. The minimum Gasteiger partial charge on any atom is -0.321 e. The first kappa shape index (κ1) is 22.9. The fourth-order valence-corrected chi connectivity index (χ4v) is 4.88. The quantitative estimate of drug-likeness (QED) is 0.576. The van der Waals surface area contributed by atoms with Gasteiger partial charge in [-0.1, -0.05) is 25.4 Å². The number of rotatable bonds is 7. The summed E-state index contributed by atoms with van der Waals surface area (Å²) < 4.78 is 28.6. The molecule has 0 bridgehead atoms. The van der Waals surface area contributed by atoms with Gasteiger partial charge in [-0.15, -0.1) is 0 Å². The number of hydrogen-bond donors (Lipinski definition) is 1. The Hall–Kier alpha value is -2.75. The molecule has 0 atom stereocenters. The van der Waals surface area contributed by atoms with E-state index >= 15 is 0 Å². The Morgan fingerprint density at radius 1 is 1.13 bits per heavy atom. The normalized spacial score (nSPS) is 11.7. The lowest BCUT2D eigenvalue weighted by Gasteiger charge is -2.19. The Kier molecular flexibility index (Phi) is 6.78. The van der Waals surface area contributed by atoms with Gasteiger partial charge in [-0.05, 0) is 50.2 Å². The molecule has 1 amide bonds. The number of benzene rings is 1. The van der Waals surface area contributed by atoms with Crippen LogP contribution in [-0.4, -0.2) is 46.5 Å². The number of pyridine rings is 1. The zero-order chi connectivity index (χ0) is 22.8. The molecule has 2 aromatic heterocycles. The van der Waals surface area contributed by atoms with Crippen molar-refractivity contribution in [3.05, 3.63) is 64.6 Å². The number of nitrogens with one attached hydrogen (secondary N) is 1. The highest BCUT2D eigenvalue weighted by Crippen LogP contribution is 2.24. The monoisotopic (exact) mass is 461 g/mol. The van der Waals surface area contributed by atoms with Gasteiger partial charge < -0.3 is 5.32 Å². The van der Waals surface area contributed by atoms with Crippen LogP contribution in [0.4, 0.5) is 5.69 Å². The van der Waals surface area contributed by atoms with Crippen molar-refractivity contribution in [2.75, 3.05) is 18.4 Å². The predicted octanol–water partition coefficient (Wildman–Crippen LogP) is 3.82. The number of halogens is 1. The summed E-state index contributed by atoms with van der Waals surface area (Å²) in [6.07, 6.45) is 1.51. The zero-order valence-corrected chi connectivity index (χ0v) is 19.3. The molecule has 1 N–H and O–H groups in total. The van der Waals surface area contributed by atoms with E-state index in [1.165, 1.54) is 28.7 Å². The average Bonchev–Trinajstić information content (AvgIpc) is 3.07. The van der Waals surface area contributed by atoms with E-state index in [1.807, 2.05) is 19.9 Å². The SMILES string of the molecule is CCN(CC)S(=O)(=O)c1ccc(Cl)c(C(=O)Nc2ccc(-n3nc(C)cc3C)nc2)c1. The summed E-state index contributed by atoms with van der Waals surface area (Å²) in [6, 6.07) is 9.48. The van der Waals surface area contributed by atoms with Gasteiger partial charge in [0, 0.05) is 18.8 Å². The second-order valence-electron chi connectivity index (χ2n) is 6.93. The van der Waals surface area contributed by atoms with Gasteiger partial charge in [0.15, 0.2) is 5.82 Å². The number of carbonyl (C=O) groups is 1. The molecular formula is C21H24ClN5O3S.